The zero-order chi connectivity index (χ0) is 22.4. The molecule has 5 nitrogen and oxygen atoms in total. The van der Waals surface area contributed by atoms with Crippen LogP contribution in [0.25, 0.3) is 0 Å². The van der Waals surface area contributed by atoms with Crippen LogP contribution in [0, 0.1) is 11.2 Å². The number of aliphatic hydroxyl groups excluding tert-OH is 1. The van der Waals surface area contributed by atoms with E-state index in [4.69, 9.17) is 0 Å². The van der Waals surface area contributed by atoms with Gasteiger partial charge in [-0.05, 0) is 62.3 Å². The minimum absolute atomic E-state index is 0.00802. The molecule has 4 rings (SSSR count). The van der Waals surface area contributed by atoms with E-state index in [1.807, 2.05) is 11.8 Å². The lowest BCUT2D eigenvalue weighted by Crippen LogP contribution is -2.54. The number of benzene rings is 1. The van der Waals surface area contributed by atoms with E-state index in [9.17, 15) is 27.5 Å². The fourth-order valence-corrected chi connectivity index (χ4v) is 5.02. The van der Waals surface area contributed by atoms with Gasteiger partial charge in [-0.25, -0.2) is 4.39 Å². The van der Waals surface area contributed by atoms with Crippen molar-refractivity contribution in [2.24, 2.45) is 5.41 Å². The SMILES string of the molecule is CC1C(=O)NCCN1CCC(c1ccc(C(F)(F)F)c(F)c1)N1CCC2(CC2)[C@H](O)C1. The molecule has 1 aliphatic carbocycles. The summed E-state index contributed by atoms with van der Waals surface area (Å²) < 4.78 is 53.4. The maximum atomic E-state index is 14.3. The molecule has 0 radical (unpaired) electrons. The van der Waals surface area contributed by atoms with E-state index in [-0.39, 0.29) is 23.4 Å². The maximum absolute atomic E-state index is 14.3. The molecule has 9 heteroatoms. The number of hydrogen-bond donors (Lipinski definition) is 2. The molecule has 2 N–H and O–H groups in total. The van der Waals surface area contributed by atoms with Crippen molar-refractivity contribution in [2.45, 2.75) is 57.0 Å². The first-order valence-electron chi connectivity index (χ1n) is 10.9. The van der Waals surface area contributed by atoms with E-state index < -0.39 is 23.7 Å². The number of likely N-dealkylation sites (tertiary alicyclic amines) is 1. The molecule has 3 aliphatic rings. The molecule has 1 saturated carbocycles. The number of β-amino-alcohol motifs (C(OH)–C–C–N with tert-alkyl or cyclic N) is 1. The summed E-state index contributed by atoms with van der Waals surface area (Å²) in [5.74, 6) is -1.33. The number of alkyl halides is 3. The number of rotatable bonds is 5. The highest BCUT2D eigenvalue weighted by Gasteiger charge is 2.52. The number of halogens is 4. The first-order valence-corrected chi connectivity index (χ1v) is 10.9. The maximum Gasteiger partial charge on any atom is 0.419 e. The highest BCUT2D eigenvalue weighted by atomic mass is 19.4. The molecule has 2 saturated heterocycles. The topological polar surface area (TPSA) is 55.8 Å². The van der Waals surface area contributed by atoms with Crippen LogP contribution in [-0.2, 0) is 11.0 Å². The van der Waals surface area contributed by atoms with Gasteiger partial charge in [0.05, 0.1) is 17.7 Å². The number of amides is 1. The largest absolute Gasteiger partial charge is 0.419 e. The van der Waals surface area contributed by atoms with Gasteiger partial charge in [0.15, 0.2) is 0 Å². The first-order chi connectivity index (χ1) is 14.6. The summed E-state index contributed by atoms with van der Waals surface area (Å²) in [7, 11) is 0. The van der Waals surface area contributed by atoms with Crippen molar-refractivity contribution in [1.29, 1.82) is 0 Å². The van der Waals surface area contributed by atoms with Crippen LogP contribution in [0.2, 0.25) is 0 Å². The van der Waals surface area contributed by atoms with Crippen molar-refractivity contribution in [3.05, 3.63) is 35.1 Å². The third-order valence-corrected chi connectivity index (χ3v) is 7.34. The Morgan fingerprint density at radius 3 is 2.61 bits per heavy atom. The first kappa shape index (κ1) is 22.5. The second-order valence-corrected chi connectivity index (χ2v) is 9.17. The summed E-state index contributed by atoms with van der Waals surface area (Å²) in [4.78, 5) is 16.1. The van der Waals surface area contributed by atoms with Gasteiger partial charge >= 0.3 is 6.18 Å². The van der Waals surface area contributed by atoms with Crippen molar-refractivity contribution in [3.63, 3.8) is 0 Å². The molecule has 1 aromatic carbocycles. The molecule has 31 heavy (non-hydrogen) atoms. The van der Waals surface area contributed by atoms with E-state index >= 15 is 0 Å². The van der Waals surface area contributed by atoms with Crippen LogP contribution in [-0.4, -0.2) is 65.7 Å². The van der Waals surface area contributed by atoms with E-state index in [0.29, 0.717) is 44.7 Å². The fourth-order valence-electron chi connectivity index (χ4n) is 5.02. The number of nitrogens with zero attached hydrogens (tertiary/aromatic N) is 2. The molecule has 0 aromatic heterocycles. The van der Waals surface area contributed by atoms with Gasteiger partial charge in [0.1, 0.15) is 5.82 Å². The number of nitrogens with one attached hydrogen (secondary N) is 1. The molecule has 3 atom stereocenters. The Balaban J connectivity index is 1.55. The van der Waals surface area contributed by atoms with E-state index in [2.05, 4.69) is 10.2 Å². The molecule has 2 heterocycles. The van der Waals surface area contributed by atoms with Crippen LogP contribution < -0.4 is 5.32 Å². The molecule has 1 aromatic rings. The van der Waals surface area contributed by atoms with Crippen LogP contribution in [0.1, 0.15) is 49.8 Å². The molecule has 0 bridgehead atoms. The van der Waals surface area contributed by atoms with E-state index in [1.165, 1.54) is 6.07 Å². The molecule has 1 amide bonds. The Labute approximate surface area is 179 Å². The van der Waals surface area contributed by atoms with Crippen LogP contribution in [0.5, 0.6) is 0 Å². The number of piperidine rings is 1. The number of hydrogen-bond acceptors (Lipinski definition) is 4. The minimum Gasteiger partial charge on any atom is -0.391 e. The smallest absolute Gasteiger partial charge is 0.391 e. The van der Waals surface area contributed by atoms with Gasteiger partial charge in [-0.1, -0.05) is 6.07 Å². The second-order valence-electron chi connectivity index (χ2n) is 9.17. The third-order valence-electron chi connectivity index (χ3n) is 7.34. The van der Waals surface area contributed by atoms with Gasteiger partial charge in [-0.15, -0.1) is 0 Å². The summed E-state index contributed by atoms with van der Waals surface area (Å²) in [5, 5.41) is 13.5. The highest BCUT2D eigenvalue weighted by molar-refractivity contribution is 5.81. The average molecular weight is 443 g/mol. The van der Waals surface area contributed by atoms with Crippen LogP contribution in [0.15, 0.2) is 18.2 Å². The highest BCUT2D eigenvalue weighted by Crippen LogP contribution is 2.54. The third kappa shape index (κ3) is 4.59. The molecule has 2 unspecified atom stereocenters. The van der Waals surface area contributed by atoms with Crippen LogP contribution in [0.4, 0.5) is 17.6 Å². The summed E-state index contributed by atoms with van der Waals surface area (Å²) in [6, 6.07) is 2.50. The summed E-state index contributed by atoms with van der Waals surface area (Å²) in [5.41, 5.74) is -0.808. The number of carbonyl (C=O) groups is 1. The lowest BCUT2D eigenvalue weighted by atomic mass is 9.88. The van der Waals surface area contributed by atoms with Crippen LogP contribution in [0.3, 0.4) is 0 Å². The average Bonchev–Trinajstić information content (AvgIpc) is 3.48. The fraction of sp³-hybridized carbons (Fsp3) is 0.682. The predicted octanol–water partition coefficient (Wildman–Crippen LogP) is 2.94. The van der Waals surface area contributed by atoms with Crippen LogP contribution >= 0.6 is 0 Å². The monoisotopic (exact) mass is 443 g/mol. The molecule has 172 valence electrons. The Bertz CT molecular complexity index is 827. The summed E-state index contributed by atoms with van der Waals surface area (Å²) in [6.45, 7) is 4.74. The van der Waals surface area contributed by atoms with Gasteiger partial charge in [0.2, 0.25) is 5.91 Å². The number of piperazine rings is 1. The molecular formula is C22H29F4N3O2. The molecule has 1 spiro atoms. The molecule has 3 fully saturated rings. The minimum atomic E-state index is -4.74. The zero-order valence-corrected chi connectivity index (χ0v) is 17.6. The second kappa shape index (κ2) is 8.33. The Hall–Kier alpha value is -1.71. The van der Waals surface area contributed by atoms with E-state index in [0.717, 1.165) is 31.4 Å². The number of carbonyl (C=O) groups excluding carboxylic acids is 1. The summed E-state index contributed by atoms with van der Waals surface area (Å²) >= 11 is 0. The molecule has 2 aliphatic heterocycles. The van der Waals surface area contributed by atoms with Crippen molar-refractivity contribution in [2.75, 3.05) is 32.7 Å². The van der Waals surface area contributed by atoms with Crippen molar-refractivity contribution < 1.29 is 27.5 Å². The zero-order valence-electron chi connectivity index (χ0n) is 17.6. The quantitative estimate of drug-likeness (QED) is 0.688. The predicted molar refractivity (Wildman–Crippen MR) is 107 cm³/mol. The lowest BCUT2D eigenvalue weighted by molar-refractivity contribution is -0.140. The van der Waals surface area contributed by atoms with E-state index in [1.54, 1.807) is 0 Å². The molecular weight excluding hydrogens is 414 g/mol. The standard InChI is InChI=1S/C22H29F4N3O2/c1-14-20(31)27-8-11-28(14)9-4-18(29-10-7-21(5-6-21)19(30)13-29)15-2-3-16(17(23)12-15)22(24,25)26/h2-3,12,14,18-19,30H,4-11,13H2,1H3,(H,27,31)/t14?,18?,19-/m1/s1. The van der Waals surface area contributed by atoms with Gasteiger partial charge in [0.25, 0.3) is 0 Å². The summed E-state index contributed by atoms with van der Waals surface area (Å²) in [6.07, 6.45) is -1.86. The van der Waals surface area contributed by atoms with Crippen molar-refractivity contribution in [1.82, 2.24) is 15.1 Å². The number of aliphatic hydroxyl groups is 1. The van der Waals surface area contributed by atoms with Gasteiger partial charge in [0, 0.05) is 32.2 Å². The Morgan fingerprint density at radius 1 is 1.26 bits per heavy atom. The Kier molecular flexibility index (Phi) is 6.04. The van der Waals surface area contributed by atoms with Crippen molar-refractivity contribution in [3.8, 4) is 0 Å². The van der Waals surface area contributed by atoms with Gasteiger partial charge in [-0.3, -0.25) is 14.6 Å². The van der Waals surface area contributed by atoms with Gasteiger partial charge < -0.3 is 10.4 Å². The van der Waals surface area contributed by atoms with Gasteiger partial charge in [-0.2, -0.15) is 13.2 Å². The van der Waals surface area contributed by atoms with Crippen molar-refractivity contribution >= 4 is 5.91 Å². The lowest BCUT2D eigenvalue weighted by Gasteiger charge is -2.42. The normalized spacial score (nSPS) is 27.9. The Morgan fingerprint density at radius 2 is 2.00 bits per heavy atom.